The molecule has 1 aliphatic carbocycles. The lowest BCUT2D eigenvalue weighted by molar-refractivity contribution is -0.384. The highest BCUT2D eigenvalue weighted by Crippen LogP contribution is 2.43. The van der Waals surface area contributed by atoms with Gasteiger partial charge in [0.2, 0.25) is 0 Å². The third-order valence-electron chi connectivity index (χ3n) is 12.6. The summed E-state index contributed by atoms with van der Waals surface area (Å²) < 4.78 is 41.4. The monoisotopic (exact) mass is 896 g/mol. The first kappa shape index (κ1) is 44.2. The molecule has 2 aliphatic heterocycles. The van der Waals surface area contributed by atoms with E-state index in [9.17, 15) is 28.4 Å². The van der Waals surface area contributed by atoms with E-state index in [2.05, 4.69) is 50.8 Å². The number of aliphatic hydroxyl groups is 1. The number of benzene rings is 4. The number of rotatable bonds is 14. The van der Waals surface area contributed by atoms with Crippen molar-refractivity contribution < 1.29 is 32.7 Å². The zero-order valence-corrected chi connectivity index (χ0v) is 37.0. The largest absolute Gasteiger partial charge is 0.456 e. The third kappa shape index (κ3) is 10.3. The van der Waals surface area contributed by atoms with Crippen molar-refractivity contribution in [3.8, 4) is 11.5 Å². The number of aliphatic hydroxyl groups excluding tert-OH is 1. The zero-order valence-electron chi connectivity index (χ0n) is 35.4. The summed E-state index contributed by atoms with van der Waals surface area (Å²) in [7, 11) is -4.61. The molecule has 1 atom stereocenters. The molecule has 1 amide bonds. The number of nitrogens with one attached hydrogen (secondary N) is 3. The van der Waals surface area contributed by atoms with Crippen LogP contribution in [0.25, 0.3) is 16.5 Å². The van der Waals surface area contributed by atoms with Crippen molar-refractivity contribution in [2.24, 2.45) is 11.3 Å². The number of nitrogens with zero attached hydrogens (tertiary/aromatic N) is 3. The summed E-state index contributed by atoms with van der Waals surface area (Å²) in [5.74, 6) is -0.361. The van der Waals surface area contributed by atoms with Crippen LogP contribution in [0.15, 0.2) is 102 Å². The molecule has 2 fully saturated rings. The Morgan fingerprint density at radius 3 is 2.51 bits per heavy atom. The minimum Gasteiger partial charge on any atom is -0.456 e. The van der Waals surface area contributed by atoms with Crippen LogP contribution >= 0.6 is 11.6 Å². The summed E-state index contributed by atoms with van der Waals surface area (Å²) >= 11 is 6.24. The Morgan fingerprint density at radius 1 is 1.02 bits per heavy atom. The number of aromatic amines is 1. The molecule has 8 rings (SSSR count). The Kier molecular flexibility index (Phi) is 13.1. The minimum atomic E-state index is -4.61. The standard InChI is InChI=1S/C47H53ClN6O8S/c1-47(2)17-13-34(40(28-47)31-3-5-35(48)6-4-31)29-52-19-21-53(22-20-52)36-7-10-39(45(26-36)62-37-8-11-41-33(25-37)14-18-49-41)46(56)51-63(59,60)38-9-12-42(44(27-38)54(57)58)50-43(30-55)32-15-23-61-24-16-32/h3-12,14,18,25-27,32,43,49-50,55H,13,15-17,19-24,28-30H2,1-2H3,(H,51,56). The van der Waals surface area contributed by atoms with Gasteiger partial charge < -0.3 is 29.8 Å². The molecule has 3 aliphatic rings. The number of nitro benzene ring substituents is 1. The van der Waals surface area contributed by atoms with Crippen molar-refractivity contribution in [3.63, 3.8) is 0 Å². The van der Waals surface area contributed by atoms with Crippen molar-refractivity contribution in [3.05, 3.63) is 123 Å². The number of sulfonamides is 1. The average molecular weight is 897 g/mol. The van der Waals surface area contributed by atoms with Gasteiger partial charge in [-0.15, -0.1) is 0 Å². The Bertz CT molecular complexity index is 2620. The fourth-order valence-corrected chi connectivity index (χ4v) is 10.0. The molecule has 3 heterocycles. The van der Waals surface area contributed by atoms with E-state index < -0.39 is 37.5 Å². The van der Waals surface area contributed by atoms with Crippen LogP contribution in [0.2, 0.25) is 5.02 Å². The van der Waals surface area contributed by atoms with Gasteiger partial charge in [-0.05, 0) is 115 Å². The molecule has 2 saturated heterocycles. The van der Waals surface area contributed by atoms with Gasteiger partial charge in [0.25, 0.3) is 21.6 Å². The minimum absolute atomic E-state index is 0.00959. The second kappa shape index (κ2) is 18.7. The first-order valence-corrected chi connectivity index (χ1v) is 23.3. The number of amides is 1. The maximum Gasteiger partial charge on any atom is 0.293 e. The maximum atomic E-state index is 14.0. The van der Waals surface area contributed by atoms with Crippen LogP contribution in [0.3, 0.4) is 0 Å². The molecule has 1 unspecified atom stereocenters. The highest BCUT2D eigenvalue weighted by atomic mass is 35.5. The number of allylic oxidation sites excluding steroid dienone is 1. The zero-order chi connectivity index (χ0) is 44.3. The Hall–Kier alpha value is -5.45. The normalized spacial score (nSPS) is 18.0. The van der Waals surface area contributed by atoms with Crippen LogP contribution in [0.5, 0.6) is 11.5 Å². The van der Waals surface area contributed by atoms with Crippen LogP contribution < -0.4 is 19.7 Å². The smallest absolute Gasteiger partial charge is 0.293 e. The molecular formula is C47H53ClN6O8S. The van der Waals surface area contributed by atoms with Crippen LogP contribution in [0, 0.1) is 21.4 Å². The van der Waals surface area contributed by atoms with Crippen LogP contribution in [-0.4, -0.2) is 92.8 Å². The fraction of sp³-hybridized carbons (Fsp3) is 0.383. The molecule has 4 N–H and O–H groups in total. The molecule has 1 aromatic heterocycles. The lowest BCUT2D eigenvalue weighted by Gasteiger charge is -2.39. The van der Waals surface area contributed by atoms with Crippen LogP contribution in [0.4, 0.5) is 17.1 Å². The van der Waals surface area contributed by atoms with E-state index in [0.29, 0.717) is 31.8 Å². The summed E-state index contributed by atoms with van der Waals surface area (Å²) in [5.41, 5.74) is 5.55. The van der Waals surface area contributed by atoms with E-state index in [4.69, 9.17) is 21.1 Å². The van der Waals surface area contributed by atoms with E-state index in [1.54, 1.807) is 24.3 Å². The van der Waals surface area contributed by atoms with Gasteiger partial charge in [-0.3, -0.25) is 19.8 Å². The topological polar surface area (TPSA) is 179 Å². The van der Waals surface area contributed by atoms with E-state index in [0.717, 1.165) is 79.7 Å². The van der Waals surface area contributed by atoms with Gasteiger partial charge in [-0.25, -0.2) is 13.1 Å². The molecule has 0 spiro atoms. The number of nitro groups is 1. The molecule has 4 aromatic carbocycles. The number of piperazine rings is 1. The van der Waals surface area contributed by atoms with E-state index in [-0.39, 0.29) is 34.9 Å². The van der Waals surface area contributed by atoms with E-state index >= 15 is 0 Å². The number of halogens is 1. The Labute approximate surface area is 372 Å². The number of hydrogen-bond donors (Lipinski definition) is 4. The second-order valence-electron chi connectivity index (χ2n) is 17.5. The number of hydrogen-bond acceptors (Lipinski definition) is 11. The summed E-state index contributed by atoms with van der Waals surface area (Å²) in [6, 6.07) is 23.5. The molecule has 5 aromatic rings. The Balaban J connectivity index is 1.01. The lowest BCUT2D eigenvalue weighted by atomic mass is 9.72. The summed E-state index contributed by atoms with van der Waals surface area (Å²) in [5, 5.41) is 27.0. The van der Waals surface area contributed by atoms with Gasteiger partial charge in [0.15, 0.2) is 0 Å². The average Bonchev–Trinajstić information content (AvgIpc) is 3.75. The molecular weight excluding hydrogens is 844 g/mol. The number of aromatic nitrogens is 1. The van der Waals surface area contributed by atoms with Crippen molar-refractivity contribution in [2.45, 2.75) is 56.9 Å². The molecule has 0 saturated carbocycles. The summed E-state index contributed by atoms with van der Waals surface area (Å²) in [6.45, 7) is 9.38. The Morgan fingerprint density at radius 2 is 1.78 bits per heavy atom. The summed E-state index contributed by atoms with van der Waals surface area (Å²) in [6.07, 6.45) is 6.33. The molecule has 332 valence electrons. The van der Waals surface area contributed by atoms with Gasteiger partial charge in [-0.1, -0.05) is 43.2 Å². The number of ether oxygens (including phenoxy) is 2. The van der Waals surface area contributed by atoms with Crippen LogP contribution in [-0.2, 0) is 14.8 Å². The van der Waals surface area contributed by atoms with Crippen molar-refractivity contribution >= 4 is 61.1 Å². The van der Waals surface area contributed by atoms with Gasteiger partial charge in [-0.2, -0.15) is 0 Å². The highest BCUT2D eigenvalue weighted by molar-refractivity contribution is 7.90. The maximum absolute atomic E-state index is 14.0. The number of fused-ring (bicyclic) bond motifs is 1. The van der Waals surface area contributed by atoms with E-state index in [1.807, 2.05) is 36.5 Å². The highest BCUT2D eigenvalue weighted by Gasteiger charge is 2.31. The van der Waals surface area contributed by atoms with Gasteiger partial charge in [0.1, 0.15) is 17.2 Å². The van der Waals surface area contributed by atoms with Crippen molar-refractivity contribution in [1.82, 2.24) is 14.6 Å². The second-order valence-corrected chi connectivity index (χ2v) is 19.6. The van der Waals surface area contributed by atoms with Gasteiger partial charge in [0.05, 0.1) is 28.0 Å². The molecule has 14 nitrogen and oxygen atoms in total. The van der Waals surface area contributed by atoms with Gasteiger partial charge in [0, 0.05) is 85.9 Å². The van der Waals surface area contributed by atoms with Gasteiger partial charge >= 0.3 is 0 Å². The van der Waals surface area contributed by atoms with Crippen LogP contribution in [0.1, 0.15) is 61.9 Å². The SMILES string of the molecule is CC1(C)CCC(CN2CCN(c3ccc(C(=O)NS(=O)(=O)c4ccc(NC(CO)C5CCOCC5)c([N+](=O)[O-])c4)c(Oc4ccc5[nH]ccc5c4)c3)CC2)=C(c2ccc(Cl)cc2)C1. The fourth-order valence-electron chi connectivity index (χ4n) is 8.92. The number of H-pyrrole nitrogens is 1. The predicted octanol–water partition coefficient (Wildman–Crippen LogP) is 8.63. The molecule has 16 heteroatoms. The lowest BCUT2D eigenvalue weighted by Crippen LogP contribution is -2.47. The van der Waals surface area contributed by atoms with Crippen molar-refractivity contribution in [2.75, 3.05) is 62.8 Å². The van der Waals surface area contributed by atoms with E-state index in [1.165, 1.54) is 28.8 Å². The number of anilines is 2. The molecule has 0 radical (unpaired) electrons. The first-order valence-electron chi connectivity index (χ1n) is 21.4. The number of carbonyl (C=O) groups excluding carboxylic acids is 1. The number of carbonyl (C=O) groups is 1. The summed E-state index contributed by atoms with van der Waals surface area (Å²) in [4.78, 5) is 32.9. The molecule has 63 heavy (non-hydrogen) atoms. The predicted molar refractivity (Wildman–Crippen MR) is 245 cm³/mol. The molecule has 0 bridgehead atoms. The quantitative estimate of drug-likeness (QED) is 0.0620. The third-order valence-corrected chi connectivity index (χ3v) is 14.1. The van der Waals surface area contributed by atoms with Crippen molar-refractivity contribution in [1.29, 1.82) is 0 Å². The first-order chi connectivity index (χ1) is 30.2.